The van der Waals surface area contributed by atoms with E-state index in [-0.39, 0.29) is 73.3 Å². The molecule has 0 spiro atoms. The maximum atomic E-state index is 13.2. The van der Waals surface area contributed by atoms with Crippen LogP contribution in [-0.2, 0) is 36.7 Å². The van der Waals surface area contributed by atoms with E-state index in [0.717, 1.165) is 0 Å². The monoisotopic (exact) mass is 610 g/mol. The van der Waals surface area contributed by atoms with Crippen LogP contribution in [0.15, 0.2) is 6.33 Å². The molecule has 2 rings (SSSR count). The first-order valence-corrected chi connectivity index (χ1v) is 16.5. The smallest absolute Gasteiger partial charge is 0.356 e. The number of hydrogen-bond donors (Lipinski definition) is 3. The van der Waals surface area contributed by atoms with Crippen molar-refractivity contribution in [2.45, 2.75) is 92.0 Å². The number of rotatable bonds is 18. The van der Waals surface area contributed by atoms with Gasteiger partial charge >= 0.3 is 15.2 Å². The van der Waals surface area contributed by atoms with Crippen LogP contribution in [0, 0.1) is 0 Å². The fourth-order valence-electron chi connectivity index (χ4n) is 3.71. The molecule has 0 aromatic carbocycles. The highest BCUT2D eigenvalue weighted by molar-refractivity contribution is 7.53. The lowest BCUT2D eigenvalue weighted by Gasteiger charge is -2.27. The number of fused-ring (bicyclic) bond motifs is 1. The van der Waals surface area contributed by atoms with Gasteiger partial charge in [-0.1, -0.05) is 0 Å². The molecular weight excluding hydrogens is 566 g/mol. The summed E-state index contributed by atoms with van der Waals surface area (Å²) < 4.78 is 61.3. The number of nitrogen functional groups attached to an aromatic ring is 2. The Morgan fingerprint density at radius 3 is 1.70 bits per heavy atom. The lowest BCUT2D eigenvalue weighted by Crippen LogP contribution is -2.32. The lowest BCUT2D eigenvalue weighted by atomic mass is 10.2. The average molecular weight is 611 g/mol. The van der Waals surface area contributed by atoms with Gasteiger partial charge in [0.25, 0.3) is 0 Å². The number of aliphatic hydroxyl groups excluding tert-OH is 1. The van der Waals surface area contributed by atoms with Gasteiger partial charge in [0.15, 0.2) is 11.5 Å². The first-order chi connectivity index (χ1) is 18.5. The molecule has 40 heavy (non-hydrogen) atoms. The van der Waals surface area contributed by atoms with Crippen molar-refractivity contribution in [3.05, 3.63) is 6.33 Å². The second-order valence-electron chi connectivity index (χ2n) is 10.3. The molecule has 0 bridgehead atoms. The summed E-state index contributed by atoms with van der Waals surface area (Å²) in [5.74, 6) is -0.0284. The Balaban J connectivity index is 2.28. The number of aliphatic hydroxyl groups is 1. The van der Waals surface area contributed by atoms with E-state index in [1.165, 1.54) is 10.9 Å². The number of aromatic nitrogens is 4. The molecule has 0 unspecified atom stereocenters. The van der Waals surface area contributed by atoms with Gasteiger partial charge in [0.1, 0.15) is 24.3 Å². The van der Waals surface area contributed by atoms with E-state index in [4.69, 9.17) is 39.0 Å². The van der Waals surface area contributed by atoms with Crippen LogP contribution in [0.1, 0.15) is 61.4 Å². The zero-order valence-corrected chi connectivity index (χ0v) is 26.2. The normalized spacial score (nSPS) is 14.7. The van der Waals surface area contributed by atoms with Gasteiger partial charge in [-0.25, -0.2) is 4.98 Å². The summed E-state index contributed by atoms with van der Waals surface area (Å²) in [6.07, 6.45) is -2.11. The van der Waals surface area contributed by atoms with Gasteiger partial charge in [-0.05, 0) is 55.4 Å². The Kier molecular flexibility index (Phi) is 12.9. The van der Waals surface area contributed by atoms with Crippen molar-refractivity contribution in [2.75, 3.05) is 37.4 Å². The summed E-state index contributed by atoms with van der Waals surface area (Å²) in [6, 6.07) is -0.887. The van der Waals surface area contributed by atoms with Gasteiger partial charge in [0.05, 0.1) is 50.0 Å². The molecule has 15 nitrogen and oxygen atoms in total. The second kappa shape index (κ2) is 15.0. The number of anilines is 2. The van der Waals surface area contributed by atoms with Gasteiger partial charge in [0, 0.05) is 0 Å². The molecule has 0 amide bonds. The van der Waals surface area contributed by atoms with E-state index in [2.05, 4.69) is 15.0 Å². The molecule has 2 aromatic rings. The fourth-order valence-corrected chi connectivity index (χ4v) is 7.28. The highest BCUT2D eigenvalue weighted by Crippen LogP contribution is 2.51. The largest absolute Gasteiger partial charge is 0.388 e. The van der Waals surface area contributed by atoms with Crippen molar-refractivity contribution in [3.63, 3.8) is 0 Å². The first-order valence-electron chi connectivity index (χ1n) is 13.0. The maximum Gasteiger partial charge on any atom is 0.356 e. The predicted molar refractivity (Wildman–Crippen MR) is 151 cm³/mol. The van der Waals surface area contributed by atoms with E-state index in [0.29, 0.717) is 0 Å². The van der Waals surface area contributed by atoms with Crippen LogP contribution in [0.2, 0.25) is 0 Å². The molecule has 2 heterocycles. The summed E-state index contributed by atoms with van der Waals surface area (Å²) in [7, 11) is -7.23. The third kappa shape index (κ3) is 10.6. The lowest BCUT2D eigenvalue weighted by molar-refractivity contribution is -0.0122. The molecule has 0 aliphatic carbocycles. The first kappa shape index (κ1) is 34.5. The Morgan fingerprint density at radius 1 is 0.800 bits per heavy atom. The van der Waals surface area contributed by atoms with E-state index in [1.54, 1.807) is 55.4 Å². The molecule has 0 fully saturated rings. The van der Waals surface area contributed by atoms with Gasteiger partial charge in [0.2, 0.25) is 5.95 Å². The predicted octanol–water partition coefficient (Wildman–Crippen LogP) is 3.93. The van der Waals surface area contributed by atoms with Crippen LogP contribution in [0.25, 0.3) is 11.2 Å². The Hall–Kier alpha value is -1.67. The second-order valence-corrected chi connectivity index (χ2v) is 14.1. The van der Waals surface area contributed by atoms with Crippen molar-refractivity contribution >= 4 is 38.1 Å². The van der Waals surface area contributed by atoms with Gasteiger partial charge in [-0.15, -0.1) is 0 Å². The molecule has 230 valence electrons. The van der Waals surface area contributed by atoms with Gasteiger partial charge < -0.3 is 48.7 Å². The van der Waals surface area contributed by atoms with Crippen LogP contribution < -0.4 is 11.5 Å². The minimum Gasteiger partial charge on any atom is -0.388 e. The summed E-state index contributed by atoms with van der Waals surface area (Å²) in [5.41, 5.74) is 12.3. The molecule has 5 N–H and O–H groups in total. The van der Waals surface area contributed by atoms with E-state index < -0.39 is 27.3 Å². The molecule has 2 atom stereocenters. The van der Waals surface area contributed by atoms with Gasteiger partial charge in [-0.2, -0.15) is 9.97 Å². The third-order valence-electron chi connectivity index (χ3n) is 4.83. The van der Waals surface area contributed by atoms with Crippen LogP contribution in [-0.4, -0.2) is 81.1 Å². The molecule has 17 heteroatoms. The van der Waals surface area contributed by atoms with E-state index in [9.17, 15) is 14.2 Å². The van der Waals surface area contributed by atoms with Crippen molar-refractivity contribution in [2.24, 2.45) is 0 Å². The van der Waals surface area contributed by atoms with Crippen LogP contribution in [0.3, 0.4) is 0 Å². The summed E-state index contributed by atoms with van der Waals surface area (Å²) >= 11 is 0. The zero-order valence-electron chi connectivity index (χ0n) is 24.4. The van der Waals surface area contributed by atoms with E-state index in [1.807, 2.05) is 0 Å². The van der Waals surface area contributed by atoms with Crippen molar-refractivity contribution in [1.82, 2.24) is 19.5 Å². The third-order valence-corrected chi connectivity index (χ3v) is 8.80. The van der Waals surface area contributed by atoms with Crippen molar-refractivity contribution in [1.29, 1.82) is 0 Å². The number of nitrogens with zero attached hydrogens (tertiary/aromatic N) is 4. The fraction of sp³-hybridized carbons (Fsp3) is 0.783. The molecule has 0 saturated heterocycles. The number of ether oxygens (including phenoxy) is 2. The highest BCUT2D eigenvalue weighted by Gasteiger charge is 2.33. The Bertz CT molecular complexity index is 1150. The van der Waals surface area contributed by atoms with E-state index >= 15 is 0 Å². The number of hydrogen-bond acceptors (Lipinski definition) is 14. The summed E-state index contributed by atoms with van der Waals surface area (Å²) in [6.45, 7) is 13.4. The maximum absolute atomic E-state index is 13.2. The summed E-state index contributed by atoms with van der Waals surface area (Å²) in [5, 5.41) is 11.2. The van der Waals surface area contributed by atoms with Crippen LogP contribution in [0.5, 0.6) is 0 Å². The molecule has 0 radical (unpaired) electrons. The molecule has 2 aromatic heterocycles. The van der Waals surface area contributed by atoms with Crippen LogP contribution >= 0.6 is 15.2 Å². The minimum atomic E-state index is -3.62. The molecular formula is C23H44N6O9P2. The molecule has 0 aliphatic rings. The van der Waals surface area contributed by atoms with Crippen LogP contribution in [0.4, 0.5) is 11.8 Å². The van der Waals surface area contributed by atoms with Crippen molar-refractivity contribution < 1.29 is 41.8 Å². The number of nitrogens with two attached hydrogens (primary N) is 2. The van der Waals surface area contributed by atoms with Gasteiger partial charge in [-0.3, -0.25) is 9.13 Å². The quantitative estimate of drug-likeness (QED) is 0.205. The Labute approximate surface area is 235 Å². The topological polar surface area (TPSA) is 205 Å². The average Bonchev–Trinajstić information content (AvgIpc) is 3.17. The SMILES string of the molecule is CC(C)OP(=O)(COC[C@H]([C@@H](O)COCP(=O)(OC(C)C)OC(C)C)n1cnc2c(N)nc(N)nc21)OC(C)C. The molecule has 0 aliphatic heterocycles. The number of imidazole rings is 1. The van der Waals surface area contributed by atoms with Crippen molar-refractivity contribution in [3.8, 4) is 0 Å². The standard InChI is InChI=1S/C23H44N6O9P2/c1-14(2)35-39(31,36-15(3)4)12-33-9-18(29-11-26-20-21(24)27-23(25)28-22(20)29)19(30)10-34-13-40(32,37-16(5)6)38-17(7)8/h11,14-19,30H,9-10,12-13H2,1-8H3,(H4,24,25,27,28)/t18-,19+/m1/s1. The summed E-state index contributed by atoms with van der Waals surface area (Å²) in [4.78, 5) is 12.4. The zero-order chi connectivity index (χ0) is 30.3. The Morgan fingerprint density at radius 2 is 1.25 bits per heavy atom. The highest BCUT2D eigenvalue weighted by atomic mass is 31.2. The molecule has 0 saturated carbocycles. The minimum absolute atomic E-state index is 0.0597.